The van der Waals surface area contributed by atoms with Crippen LogP contribution >= 0.6 is 24.0 Å². The molecule has 2 rings (SSSR count). The highest BCUT2D eigenvalue weighted by atomic mass is 127. The minimum Gasteiger partial charge on any atom is -0.379 e. The number of morpholine rings is 1. The van der Waals surface area contributed by atoms with E-state index in [2.05, 4.69) is 51.7 Å². The van der Waals surface area contributed by atoms with Crippen molar-refractivity contribution in [2.24, 2.45) is 4.99 Å². The number of nitrogens with one attached hydrogen (secondary N) is 2. The summed E-state index contributed by atoms with van der Waals surface area (Å²) in [5.74, 6) is 0.875. The number of benzene rings is 1. The van der Waals surface area contributed by atoms with Gasteiger partial charge in [0.25, 0.3) is 0 Å². The number of aryl methyl sites for hydroxylation is 1. The van der Waals surface area contributed by atoms with Crippen molar-refractivity contribution >= 4 is 29.9 Å². The molecule has 0 saturated carbocycles. The van der Waals surface area contributed by atoms with E-state index >= 15 is 0 Å². The van der Waals surface area contributed by atoms with Crippen molar-refractivity contribution in [2.75, 3.05) is 46.4 Å². The van der Waals surface area contributed by atoms with Crippen LogP contribution < -0.4 is 10.6 Å². The van der Waals surface area contributed by atoms with Crippen LogP contribution in [-0.4, -0.2) is 57.3 Å². The normalized spacial score (nSPS) is 15.7. The van der Waals surface area contributed by atoms with E-state index in [1.807, 2.05) is 7.05 Å². The second-order valence-corrected chi connectivity index (χ2v) is 5.94. The average Bonchev–Trinajstić information content (AvgIpc) is 2.59. The number of hydrogen-bond acceptors (Lipinski definition) is 3. The molecule has 136 valence electrons. The smallest absolute Gasteiger partial charge is 0.191 e. The first kappa shape index (κ1) is 21.2. The van der Waals surface area contributed by atoms with Crippen LogP contribution in [0.3, 0.4) is 0 Å². The van der Waals surface area contributed by atoms with Gasteiger partial charge in [0, 0.05) is 33.2 Å². The molecule has 2 N–H and O–H groups in total. The Balaban J connectivity index is 0.00000288. The Bertz CT molecular complexity index is 490. The van der Waals surface area contributed by atoms with E-state index in [4.69, 9.17) is 4.74 Å². The Morgan fingerprint density at radius 3 is 2.62 bits per heavy atom. The predicted octanol–water partition coefficient (Wildman–Crippen LogP) is 2.39. The third kappa shape index (κ3) is 7.81. The Labute approximate surface area is 163 Å². The third-order valence-corrected chi connectivity index (χ3v) is 4.23. The van der Waals surface area contributed by atoms with Crippen molar-refractivity contribution in [1.29, 1.82) is 0 Å². The molecule has 0 unspecified atom stereocenters. The van der Waals surface area contributed by atoms with Crippen LogP contribution in [0.15, 0.2) is 29.3 Å². The summed E-state index contributed by atoms with van der Waals surface area (Å²) in [5.41, 5.74) is 2.61. The molecule has 24 heavy (non-hydrogen) atoms. The maximum Gasteiger partial charge on any atom is 0.191 e. The van der Waals surface area contributed by atoms with E-state index in [1.165, 1.54) is 24.1 Å². The zero-order chi connectivity index (χ0) is 16.3. The fourth-order valence-electron chi connectivity index (χ4n) is 2.70. The summed E-state index contributed by atoms with van der Waals surface area (Å²) in [5, 5.41) is 6.77. The fourth-order valence-corrected chi connectivity index (χ4v) is 2.70. The van der Waals surface area contributed by atoms with E-state index in [-0.39, 0.29) is 24.0 Å². The summed E-state index contributed by atoms with van der Waals surface area (Å²) in [4.78, 5) is 6.77. The standard InChI is InChI=1S/C18H30N4O.HI/c1-16-7-3-4-8-17(16)15-21-18(19-2)20-9-5-6-10-22-11-13-23-14-12-22;/h3-4,7-8H,5-6,9-15H2,1-2H3,(H2,19,20,21);1H. The van der Waals surface area contributed by atoms with Crippen molar-refractivity contribution in [1.82, 2.24) is 15.5 Å². The zero-order valence-corrected chi connectivity index (χ0v) is 17.2. The van der Waals surface area contributed by atoms with Crippen LogP contribution in [0, 0.1) is 6.92 Å². The second kappa shape index (κ2) is 12.5. The maximum absolute atomic E-state index is 5.37. The van der Waals surface area contributed by atoms with Crippen molar-refractivity contribution in [3.05, 3.63) is 35.4 Å². The van der Waals surface area contributed by atoms with Crippen molar-refractivity contribution in [3.8, 4) is 0 Å². The Kier molecular flexibility index (Phi) is 11.0. The van der Waals surface area contributed by atoms with Gasteiger partial charge in [-0.15, -0.1) is 24.0 Å². The molecule has 1 aromatic carbocycles. The summed E-state index contributed by atoms with van der Waals surface area (Å²) in [6, 6.07) is 8.43. The molecule has 1 aliphatic heterocycles. The Morgan fingerprint density at radius 2 is 1.92 bits per heavy atom. The van der Waals surface area contributed by atoms with Gasteiger partial charge < -0.3 is 15.4 Å². The quantitative estimate of drug-likeness (QED) is 0.292. The summed E-state index contributed by atoms with van der Waals surface area (Å²) < 4.78 is 5.37. The number of unbranched alkanes of at least 4 members (excludes halogenated alkanes) is 1. The van der Waals surface area contributed by atoms with Crippen LogP contribution in [0.2, 0.25) is 0 Å². The van der Waals surface area contributed by atoms with Gasteiger partial charge >= 0.3 is 0 Å². The van der Waals surface area contributed by atoms with Gasteiger partial charge in [-0.25, -0.2) is 0 Å². The number of guanidine groups is 1. The highest BCUT2D eigenvalue weighted by molar-refractivity contribution is 14.0. The predicted molar refractivity (Wildman–Crippen MR) is 111 cm³/mol. The largest absolute Gasteiger partial charge is 0.379 e. The Morgan fingerprint density at radius 1 is 1.17 bits per heavy atom. The van der Waals surface area contributed by atoms with Crippen LogP contribution in [0.5, 0.6) is 0 Å². The van der Waals surface area contributed by atoms with Gasteiger partial charge in [0.2, 0.25) is 0 Å². The molecule has 5 nitrogen and oxygen atoms in total. The van der Waals surface area contributed by atoms with Gasteiger partial charge in [-0.2, -0.15) is 0 Å². The molecule has 1 heterocycles. The molecular formula is C18H31IN4O. The molecule has 1 aromatic rings. The van der Waals surface area contributed by atoms with E-state index in [0.717, 1.165) is 51.8 Å². The number of aliphatic imine (C=N–C) groups is 1. The number of halogens is 1. The third-order valence-electron chi connectivity index (χ3n) is 4.23. The molecule has 0 aromatic heterocycles. The highest BCUT2D eigenvalue weighted by Gasteiger charge is 2.09. The lowest BCUT2D eigenvalue weighted by molar-refractivity contribution is 0.0372. The molecule has 6 heteroatoms. The summed E-state index contributed by atoms with van der Waals surface area (Å²) in [6.45, 7) is 8.98. The van der Waals surface area contributed by atoms with Crippen LogP contribution in [0.1, 0.15) is 24.0 Å². The van der Waals surface area contributed by atoms with E-state index in [9.17, 15) is 0 Å². The summed E-state index contributed by atoms with van der Waals surface area (Å²) in [6.07, 6.45) is 2.37. The number of ether oxygens (including phenoxy) is 1. The van der Waals surface area contributed by atoms with Crippen LogP contribution in [-0.2, 0) is 11.3 Å². The van der Waals surface area contributed by atoms with E-state index in [0.29, 0.717) is 0 Å². The molecule has 0 aliphatic carbocycles. The molecule has 0 amide bonds. The first-order valence-electron chi connectivity index (χ1n) is 8.58. The minimum absolute atomic E-state index is 0. The number of nitrogens with zero attached hydrogens (tertiary/aromatic N) is 2. The van der Waals surface area contributed by atoms with Gasteiger partial charge in [-0.3, -0.25) is 9.89 Å². The number of rotatable bonds is 7. The maximum atomic E-state index is 5.37. The molecule has 1 aliphatic rings. The Hall–Kier alpha value is -0.860. The van der Waals surface area contributed by atoms with Gasteiger partial charge in [0.05, 0.1) is 13.2 Å². The van der Waals surface area contributed by atoms with Gasteiger partial charge in [0.15, 0.2) is 5.96 Å². The highest BCUT2D eigenvalue weighted by Crippen LogP contribution is 2.05. The van der Waals surface area contributed by atoms with Crippen LogP contribution in [0.25, 0.3) is 0 Å². The topological polar surface area (TPSA) is 48.9 Å². The molecule has 1 fully saturated rings. The lowest BCUT2D eigenvalue weighted by Crippen LogP contribution is -2.38. The second-order valence-electron chi connectivity index (χ2n) is 5.94. The monoisotopic (exact) mass is 446 g/mol. The molecule has 0 spiro atoms. The first-order valence-corrected chi connectivity index (χ1v) is 8.58. The first-order chi connectivity index (χ1) is 11.3. The molecule has 0 bridgehead atoms. The van der Waals surface area contributed by atoms with Gasteiger partial charge in [0.1, 0.15) is 0 Å². The molecule has 0 radical (unpaired) electrons. The lowest BCUT2D eigenvalue weighted by atomic mass is 10.1. The van der Waals surface area contributed by atoms with E-state index in [1.54, 1.807) is 0 Å². The van der Waals surface area contributed by atoms with Crippen molar-refractivity contribution in [2.45, 2.75) is 26.3 Å². The molecule has 0 atom stereocenters. The van der Waals surface area contributed by atoms with Crippen LogP contribution in [0.4, 0.5) is 0 Å². The fraction of sp³-hybridized carbons (Fsp3) is 0.611. The molecular weight excluding hydrogens is 415 g/mol. The van der Waals surface area contributed by atoms with Crippen molar-refractivity contribution < 1.29 is 4.74 Å². The lowest BCUT2D eigenvalue weighted by Gasteiger charge is -2.26. The van der Waals surface area contributed by atoms with Crippen molar-refractivity contribution in [3.63, 3.8) is 0 Å². The SMILES string of the molecule is CN=C(NCCCCN1CCOCC1)NCc1ccccc1C.I. The number of hydrogen-bond donors (Lipinski definition) is 2. The summed E-state index contributed by atoms with van der Waals surface area (Å²) >= 11 is 0. The zero-order valence-electron chi connectivity index (χ0n) is 14.9. The summed E-state index contributed by atoms with van der Waals surface area (Å²) in [7, 11) is 1.82. The van der Waals surface area contributed by atoms with E-state index < -0.39 is 0 Å². The average molecular weight is 446 g/mol. The minimum atomic E-state index is 0. The van der Waals surface area contributed by atoms with Gasteiger partial charge in [-0.05, 0) is 37.4 Å². The molecule has 1 saturated heterocycles. The van der Waals surface area contributed by atoms with Gasteiger partial charge in [-0.1, -0.05) is 24.3 Å².